The zero-order chi connectivity index (χ0) is 34.3. The van der Waals surface area contributed by atoms with Crippen LogP contribution in [-0.4, -0.2) is 99.6 Å². The van der Waals surface area contributed by atoms with Crippen LogP contribution in [0.15, 0.2) is 49.9 Å². The number of carbonyl (C=O) groups is 1. The number of hydrogen-bond donors (Lipinski definition) is 6. The van der Waals surface area contributed by atoms with Crippen LogP contribution < -0.4 is 20.4 Å². The molecule has 1 aromatic heterocycles. The number of hydrogen-bond acceptors (Lipinski definition) is 13. The molecule has 2 aromatic rings. The SMILES string of the molecule is CCC1C2=CC=NC2=CN1c1c2c(cc3c(=O)cc(C)oc13)C[C@@H](OOC[C@H](O)[C@@H](O)[C@H](O)[C@H](O)CO)[C@@](C)(CC[C@@H]1CNC(=O)C1)O2. The zero-order valence-corrected chi connectivity index (χ0v) is 27.2. The van der Waals surface area contributed by atoms with Crippen LogP contribution >= 0.6 is 0 Å². The average Bonchev–Trinajstić information content (AvgIpc) is 3.78. The van der Waals surface area contributed by atoms with Gasteiger partial charge in [-0.25, -0.2) is 9.78 Å². The van der Waals surface area contributed by atoms with Crippen LogP contribution in [0.5, 0.6) is 5.75 Å². The Bertz CT molecular complexity index is 1700. The number of nitrogens with one attached hydrogen (secondary N) is 1. The highest BCUT2D eigenvalue weighted by atomic mass is 17.2. The van der Waals surface area contributed by atoms with Crippen molar-refractivity contribution in [1.82, 2.24) is 5.32 Å². The van der Waals surface area contributed by atoms with Crippen LogP contribution in [0.25, 0.3) is 11.0 Å². The Morgan fingerprint density at radius 3 is 2.62 bits per heavy atom. The van der Waals surface area contributed by atoms with E-state index in [0.717, 1.165) is 17.7 Å². The lowest BCUT2D eigenvalue weighted by Crippen LogP contribution is -2.52. The monoisotopic (exact) mass is 669 g/mol. The molecule has 1 unspecified atom stereocenters. The van der Waals surface area contributed by atoms with Gasteiger partial charge in [-0.1, -0.05) is 6.92 Å². The van der Waals surface area contributed by atoms with Crippen LogP contribution in [0.2, 0.25) is 0 Å². The molecule has 4 aliphatic heterocycles. The Hall–Kier alpha value is -3.63. The number of aliphatic hydroxyl groups is 5. The van der Waals surface area contributed by atoms with E-state index < -0.39 is 49.3 Å². The number of anilines is 1. The Morgan fingerprint density at radius 1 is 1.15 bits per heavy atom. The first-order valence-corrected chi connectivity index (χ1v) is 16.4. The van der Waals surface area contributed by atoms with E-state index in [1.165, 1.54) is 6.07 Å². The maximum absolute atomic E-state index is 13.4. The smallest absolute Gasteiger partial charge is 0.220 e. The van der Waals surface area contributed by atoms with Gasteiger partial charge in [0.05, 0.1) is 23.7 Å². The maximum Gasteiger partial charge on any atom is 0.220 e. The molecule has 6 rings (SSSR count). The summed E-state index contributed by atoms with van der Waals surface area (Å²) in [6.07, 6.45) is 0.414. The summed E-state index contributed by atoms with van der Waals surface area (Å²) in [6.45, 7) is 4.85. The number of ether oxygens (including phenoxy) is 1. The molecule has 4 aliphatic rings. The summed E-state index contributed by atoms with van der Waals surface area (Å²) < 4.78 is 13.2. The molecular weight excluding hydrogens is 626 g/mol. The lowest BCUT2D eigenvalue weighted by molar-refractivity contribution is -0.360. The summed E-state index contributed by atoms with van der Waals surface area (Å²) in [4.78, 5) is 43.2. The Balaban J connectivity index is 1.36. The van der Waals surface area contributed by atoms with Gasteiger partial charge in [0.25, 0.3) is 0 Å². The number of aliphatic imine (C=N–C) groups is 1. The topological polar surface area (TPSA) is 204 Å². The van der Waals surface area contributed by atoms with Crippen LogP contribution in [0.1, 0.15) is 50.9 Å². The molecule has 48 heavy (non-hydrogen) atoms. The number of carbonyl (C=O) groups excluding carboxylic acids is 1. The second-order valence-corrected chi connectivity index (χ2v) is 13.3. The number of rotatable bonds is 13. The summed E-state index contributed by atoms with van der Waals surface area (Å²) in [5.74, 6) is 1.06. The zero-order valence-electron chi connectivity index (χ0n) is 27.2. The molecule has 0 aliphatic carbocycles. The molecule has 0 spiro atoms. The summed E-state index contributed by atoms with van der Waals surface area (Å²) >= 11 is 0. The highest BCUT2D eigenvalue weighted by Gasteiger charge is 2.47. The van der Waals surface area contributed by atoms with Crippen molar-refractivity contribution >= 4 is 28.8 Å². The molecule has 260 valence electrons. The predicted molar refractivity (Wildman–Crippen MR) is 173 cm³/mol. The van der Waals surface area contributed by atoms with E-state index in [0.29, 0.717) is 59.5 Å². The normalized spacial score (nSPS) is 27.2. The fourth-order valence-corrected chi connectivity index (χ4v) is 6.96. The fourth-order valence-electron chi connectivity index (χ4n) is 6.96. The Morgan fingerprint density at radius 2 is 1.92 bits per heavy atom. The third-order valence-electron chi connectivity index (χ3n) is 9.79. The number of allylic oxidation sites excluding steroid dienone is 1. The van der Waals surface area contributed by atoms with Crippen molar-refractivity contribution in [2.75, 3.05) is 24.7 Å². The highest BCUT2D eigenvalue weighted by Crippen LogP contribution is 2.50. The summed E-state index contributed by atoms with van der Waals surface area (Å²) in [5.41, 5.74) is 2.30. The molecule has 0 radical (unpaired) electrons. The van der Waals surface area contributed by atoms with Crippen LogP contribution in [-0.2, 0) is 21.0 Å². The van der Waals surface area contributed by atoms with Crippen molar-refractivity contribution in [3.05, 3.63) is 57.2 Å². The quantitative estimate of drug-likeness (QED) is 0.130. The van der Waals surface area contributed by atoms with Crippen LogP contribution in [0.3, 0.4) is 0 Å². The van der Waals surface area contributed by atoms with Crippen LogP contribution in [0, 0.1) is 12.8 Å². The third-order valence-corrected chi connectivity index (χ3v) is 9.79. The van der Waals surface area contributed by atoms with Crippen molar-refractivity contribution in [1.29, 1.82) is 0 Å². The lowest BCUT2D eigenvalue weighted by Gasteiger charge is -2.43. The van der Waals surface area contributed by atoms with Crippen LogP contribution in [0.4, 0.5) is 5.69 Å². The first-order chi connectivity index (χ1) is 22.9. The first kappa shape index (κ1) is 34.2. The van der Waals surface area contributed by atoms with E-state index in [-0.39, 0.29) is 29.7 Å². The molecular formula is C34H43N3O11. The number of aryl methyl sites for hydroxylation is 1. The number of aliphatic hydroxyl groups excluding tert-OH is 5. The highest BCUT2D eigenvalue weighted by molar-refractivity contribution is 5.96. The van der Waals surface area contributed by atoms with Gasteiger partial charge in [-0.2, -0.15) is 0 Å². The summed E-state index contributed by atoms with van der Waals surface area (Å²) in [5, 5.41) is 52.6. The molecule has 1 aromatic carbocycles. The van der Waals surface area contributed by atoms with Gasteiger partial charge in [-0.05, 0) is 51.2 Å². The Labute approximate surface area is 276 Å². The summed E-state index contributed by atoms with van der Waals surface area (Å²) in [7, 11) is 0. The van der Waals surface area contributed by atoms with Crippen molar-refractivity contribution in [2.45, 2.75) is 95.0 Å². The molecule has 1 fully saturated rings. The fraction of sp³-hybridized carbons (Fsp3) is 0.559. The second kappa shape index (κ2) is 13.7. The molecule has 1 amide bonds. The van der Waals surface area contributed by atoms with Crippen molar-refractivity contribution in [2.24, 2.45) is 10.9 Å². The van der Waals surface area contributed by atoms with E-state index in [9.17, 15) is 30.0 Å². The Kier molecular flexibility index (Phi) is 9.78. The minimum atomic E-state index is -1.82. The van der Waals surface area contributed by atoms with Crippen molar-refractivity contribution in [3.63, 3.8) is 0 Å². The lowest BCUT2D eigenvalue weighted by atomic mass is 9.83. The second-order valence-electron chi connectivity index (χ2n) is 13.3. The maximum atomic E-state index is 13.4. The standard InChI is InChI=1S/C34H43N3O11/c1-4-23-20-6-8-35-22(20)14-37(23)29-32-19(11-21-24(39)9-17(2)46-33(21)29)12-27(34(3,47-32)7-5-18-10-28(42)36-13-18)48-45-16-26(41)31(44)30(43)25(40)15-38/h6,8-9,11,14,18,23,25-27,30-31,38,40-41,43-44H,4-5,7,10,12-13,15-16H2,1-3H3,(H,36,42)/t18-,23?,25+,26-,27+,30+,31+,34+/m0/s1. The van der Waals surface area contributed by atoms with Crippen molar-refractivity contribution in [3.8, 4) is 5.75 Å². The van der Waals surface area contributed by atoms with E-state index in [2.05, 4.69) is 22.1 Å². The van der Waals surface area contributed by atoms with E-state index in [1.54, 1.807) is 19.2 Å². The molecule has 6 N–H and O–H groups in total. The number of benzene rings is 1. The molecule has 14 heteroatoms. The van der Waals surface area contributed by atoms with Gasteiger partial charge in [0, 0.05) is 49.0 Å². The molecule has 14 nitrogen and oxygen atoms in total. The molecule has 8 atom stereocenters. The van der Waals surface area contributed by atoms with Gasteiger partial charge in [-0.15, -0.1) is 0 Å². The number of amides is 1. The van der Waals surface area contributed by atoms with Gasteiger partial charge in [0.2, 0.25) is 5.91 Å². The van der Waals surface area contributed by atoms with E-state index >= 15 is 0 Å². The van der Waals surface area contributed by atoms with E-state index in [4.69, 9.17) is 24.0 Å². The van der Waals surface area contributed by atoms with Gasteiger partial charge in [-0.3, -0.25) is 14.6 Å². The number of fused-ring (bicyclic) bond motifs is 3. The number of nitrogens with zero attached hydrogens (tertiary/aromatic N) is 2. The van der Waals surface area contributed by atoms with Crippen molar-refractivity contribution < 1.29 is 49.3 Å². The average molecular weight is 670 g/mol. The minimum absolute atomic E-state index is 0.00779. The predicted octanol–water partition coefficient (Wildman–Crippen LogP) is 0.915. The molecule has 1 saturated heterocycles. The molecule has 0 saturated carbocycles. The molecule has 0 bridgehead atoms. The largest absolute Gasteiger partial charge is 0.482 e. The molecule has 5 heterocycles. The minimum Gasteiger partial charge on any atom is -0.482 e. The van der Waals surface area contributed by atoms with Gasteiger partial charge in [0.15, 0.2) is 16.8 Å². The van der Waals surface area contributed by atoms with Gasteiger partial charge >= 0.3 is 0 Å². The third kappa shape index (κ3) is 6.41. The van der Waals surface area contributed by atoms with E-state index in [1.807, 2.05) is 19.2 Å². The van der Waals surface area contributed by atoms with Gasteiger partial charge < -0.3 is 44.9 Å². The first-order valence-electron chi connectivity index (χ1n) is 16.4. The summed E-state index contributed by atoms with van der Waals surface area (Å²) in [6, 6.07) is 3.09. The van der Waals surface area contributed by atoms with Gasteiger partial charge in [0.1, 0.15) is 54.2 Å².